The van der Waals surface area contributed by atoms with Gasteiger partial charge in [0.05, 0.1) is 18.8 Å². The van der Waals surface area contributed by atoms with Gasteiger partial charge in [-0.2, -0.15) is 5.10 Å². The second-order valence-electron chi connectivity index (χ2n) is 6.65. The molecule has 1 saturated carbocycles. The number of aryl methyl sites for hydroxylation is 1. The van der Waals surface area contributed by atoms with Crippen LogP contribution >= 0.6 is 0 Å². The molecule has 1 fully saturated rings. The molecule has 0 saturated heterocycles. The van der Waals surface area contributed by atoms with Gasteiger partial charge < -0.3 is 10.1 Å². The number of aromatic nitrogens is 2. The number of nitrogens with one attached hydrogen (secondary N) is 1. The third-order valence-corrected chi connectivity index (χ3v) is 4.20. The highest BCUT2D eigenvalue weighted by molar-refractivity contribution is 5.24. The molecule has 4 nitrogen and oxygen atoms in total. The standard InChI is InChI=1S/C17H31N3O/c1-13(2)8-11-21-12-10-20-15(4)17(14(3)19-20)7-9-18-16-5-6-16/h13,16,18H,5-12H2,1-4H3. The summed E-state index contributed by atoms with van der Waals surface area (Å²) in [5.74, 6) is 0.712. The number of rotatable bonds is 10. The summed E-state index contributed by atoms with van der Waals surface area (Å²) < 4.78 is 7.81. The maximum atomic E-state index is 5.70. The third-order valence-electron chi connectivity index (χ3n) is 4.20. The van der Waals surface area contributed by atoms with Crippen molar-refractivity contribution >= 4 is 0 Å². The Kier molecular flexibility index (Phi) is 6.24. The highest BCUT2D eigenvalue weighted by Crippen LogP contribution is 2.19. The first-order valence-corrected chi connectivity index (χ1v) is 8.42. The minimum absolute atomic E-state index is 0.712. The lowest BCUT2D eigenvalue weighted by Gasteiger charge is -2.08. The van der Waals surface area contributed by atoms with Gasteiger partial charge in [0, 0.05) is 18.3 Å². The zero-order valence-electron chi connectivity index (χ0n) is 14.1. The Bertz CT molecular complexity index is 435. The number of hydrogen-bond acceptors (Lipinski definition) is 3. The molecule has 1 heterocycles. The second-order valence-corrected chi connectivity index (χ2v) is 6.65. The lowest BCUT2D eigenvalue weighted by Crippen LogP contribution is -2.19. The first-order chi connectivity index (χ1) is 10.1. The maximum absolute atomic E-state index is 5.70. The van der Waals surface area contributed by atoms with Crippen LogP contribution in [0.1, 0.15) is 50.1 Å². The molecule has 4 heteroatoms. The summed E-state index contributed by atoms with van der Waals surface area (Å²) >= 11 is 0. The summed E-state index contributed by atoms with van der Waals surface area (Å²) in [5.41, 5.74) is 3.88. The molecule has 21 heavy (non-hydrogen) atoms. The Labute approximate surface area is 129 Å². The minimum atomic E-state index is 0.712. The van der Waals surface area contributed by atoms with E-state index in [0.29, 0.717) is 5.92 Å². The van der Waals surface area contributed by atoms with Gasteiger partial charge in [0.2, 0.25) is 0 Å². The van der Waals surface area contributed by atoms with E-state index in [9.17, 15) is 0 Å². The molecule has 0 atom stereocenters. The predicted molar refractivity (Wildman–Crippen MR) is 86.7 cm³/mol. The molecule has 0 aromatic carbocycles. The van der Waals surface area contributed by atoms with Crippen LogP contribution in [-0.4, -0.2) is 35.6 Å². The predicted octanol–water partition coefficient (Wildman–Crippen LogP) is 2.86. The van der Waals surface area contributed by atoms with Crippen molar-refractivity contribution in [1.82, 2.24) is 15.1 Å². The summed E-state index contributed by atoms with van der Waals surface area (Å²) in [6.45, 7) is 12.3. The van der Waals surface area contributed by atoms with Crippen molar-refractivity contribution in [2.24, 2.45) is 5.92 Å². The highest BCUT2D eigenvalue weighted by Gasteiger charge is 2.20. The van der Waals surface area contributed by atoms with E-state index in [1.807, 2.05) is 0 Å². The second kappa shape index (κ2) is 7.95. The molecule has 1 aliphatic rings. The molecule has 1 N–H and O–H groups in total. The molecule has 0 amide bonds. The van der Waals surface area contributed by atoms with E-state index < -0.39 is 0 Å². The average Bonchev–Trinajstić information content (AvgIpc) is 3.20. The van der Waals surface area contributed by atoms with Crippen molar-refractivity contribution in [2.75, 3.05) is 19.8 Å². The molecule has 0 spiro atoms. The van der Waals surface area contributed by atoms with Crippen molar-refractivity contribution in [3.8, 4) is 0 Å². The first kappa shape index (κ1) is 16.5. The molecule has 1 aliphatic carbocycles. The lowest BCUT2D eigenvalue weighted by atomic mass is 10.1. The molecule has 1 aromatic rings. The van der Waals surface area contributed by atoms with Crippen LogP contribution in [-0.2, 0) is 17.7 Å². The van der Waals surface area contributed by atoms with E-state index in [1.54, 1.807) is 0 Å². The Morgan fingerprint density at radius 3 is 2.71 bits per heavy atom. The van der Waals surface area contributed by atoms with E-state index in [1.165, 1.54) is 29.8 Å². The van der Waals surface area contributed by atoms with Gasteiger partial charge in [-0.3, -0.25) is 4.68 Å². The Morgan fingerprint density at radius 1 is 1.29 bits per heavy atom. The van der Waals surface area contributed by atoms with Crippen LogP contribution in [0.4, 0.5) is 0 Å². The molecular weight excluding hydrogens is 262 g/mol. The maximum Gasteiger partial charge on any atom is 0.0662 e. The molecular formula is C17H31N3O. The lowest BCUT2D eigenvalue weighted by molar-refractivity contribution is 0.113. The fourth-order valence-electron chi connectivity index (χ4n) is 2.57. The van der Waals surface area contributed by atoms with Gasteiger partial charge in [0.25, 0.3) is 0 Å². The highest BCUT2D eigenvalue weighted by atomic mass is 16.5. The van der Waals surface area contributed by atoms with Gasteiger partial charge in [-0.15, -0.1) is 0 Å². The van der Waals surface area contributed by atoms with Gasteiger partial charge >= 0.3 is 0 Å². The van der Waals surface area contributed by atoms with Crippen LogP contribution in [0.2, 0.25) is 0 Å². The summed E-state index contributed by atoms with van der Waals surface area (Å²) in [4.78, 5) is 0. The van der Waals surface area contributed by atoms with Crippen molar-refractivity contribution in [2.45, 2.75) is 66.0 Å². The van der Waals surface area contributed by atoms with E-state index in [4.69, 9.17) is 4.74 Å². The van der Waals surface area contributed by atoms with Crippen LogP contribution < -0.4 is 5.32 Å². The van der Waals surface area contributed by atoms with Crippen LogP contribution in [0.25, 0.3) is 0 Å². The smallest absolute Gasteiger partial charge is 0.0662 e. The van der Waals surface area contributed by atoms with Crippen molar-refractivity contribution in [3.05, 3.63) is 17.0 Å². The summed E-state index contributed by atoms with van der Waals surface area (Å²) in [6.07, 6.45) is 4.92. The van der Waals surface area contributed by atoms with Crippen molar-refractivity contribution in [3.63, 3.8) is 0 Å². The fourth-order valence-corrected chi connectivity index (χ4v) is 2.57. The van der Waals surface area contributed by atoms with E-state index in [2.05, 4.69) is 42.8 Å². The van der Waals surface area contributed by atoms with Crippen molar-refractivity contribution in [1.29, 1.82) is 0 Å². The monoisotopic (exact) mass is 293 g/mol. The van der Waals surface area contributed by atoms with E-state index >= 15 is 0 Å². The molecule has 120 valence electrons. The van der Waals surface area contributed by atoms with Crippen LogP contribution in [0.3, 0.4) is 0 Å². The molecule has 1 aromatic heterocycles. The largest absolute Gasteiger partial charge is 0.380 e. The SMILES string of the molecule is Cc1nn(CCOCCC(C)C)c(C)c1CCNC1CC1. The number of ether oxygens (including phenoxy) is 1. The van der Waals surface area contributed by atoms with Gasteiger partial charge in [0.1, 0.15) is 0 Å². The quantitative estimate of drug-likeness (QED) is 0.674. The topological polar surface area (TPSA) is 39.1 Å². The average molecular weight is 293 g/mol. The summed E-state index contributed by atoms with van der Waals surface area (Å²) in [7, 11) is 0. The number of hydrogen-bond donors (Lipinski definition) is 1. The van der Waals surface area contributed by atoms with Crippen LogP contribution in [0, 0.1) is 19.8 Å². The first-order valence-electron chi connectivity index (χ1n) is 8.42. The zero-order chi connectivity index (χ0) is 15.2. The fraction of sp³-hybridized carbons (Fsp3) is 0.824. The normalized spacial score (nSPS) is 15.1. The Morgan fingerprint density at radius 2 is 2.05 bits per heavy atom. The molecule has 0 aliphatic heterocycles. The molecule has 0 unspecified atom stereocenters. The third kappa shape index (κ3) is 5.44. The van der Waals surface area contributed by atoms with Gasteiger partial charge in [0.15, 0.2) is 0 Å². The Balaban J connectivity index is 1.74. The molecule has 0 radical (unpaired) electrons. The molecule has 2 rings (SSSR count). The zero-order valence-corrected chi connectivity index (χ0v) is 14.1. The minimum Gasteiger partial charge on any atom is -0.380 e. The molecule has 0 bridgehead atoms. The summed E-state index contributed by atoms with van der Waals surface area (Å²) in [5, 5.41) is 8.24. The number of nitrogens with zero attached hydrogens (tertiary/aromatic N) is 2. The van der Waals surface area contributed by atoms with Crippen molar-refractivity contribution < 1.29 is 4.74 Å². The van der Waals surface area contributed by atoms with Crippen LogP contribution in [0.5, 0.6) is 0 Å². The van der Waals surface area contributed by atoms with Gasteiger partial charge in [-0.05, 0) is 57.6 Å². The summed E-state index contributed by atoms with van der Waals surface area (Å²) in [6, 6.07) is 0.787. The van der Waals surface area contributed by atoms with E-state index in [-0.39, 0.29) is 0 Å². The Hall–Kier alpha value is -0.870. The van der Waals surface area contributed by atoms with E-state index in [0.717, 1.165) is 45.2 Å². The van der Waals surface area contributed by atoms with Crippen LogP contribution in [0.15, 0.2) is 0 Å². The van der Waals surface area contributed by atoms with Gasteiger partial charge in [-0.25, -0.2) is 0 Å². The van der Waals surface area contributed by atoms with Gasteiger partial charge in [-0.1, -0.05) is 13.8 Å².